The van der Waals surface area contributed by atoms with E-state index < -0.39 is 0 Å². The first-order valence-electron chi connectivity index (χ1n) is 9.44. The van der Waals surface area contributed by atoms with Gasteiger partial charge in [0.05, 0.1) is 28.0 Å². The molecule has 1 aliphatic heterocycles. The summed E-state index contributed by atoms with van der Waals surface area (Å²) in [7, 11) is 0. The molecule has 1 amide bonds. The van der Waals surface area contributed by atoms with Crippen LogP contribution in [-0.4, -0.2) is 51.7 Å². The number of hydrogen-bond acceptors (Lipinski definition) is 4. The lowest BCUT2D eigenvalue weighted by molar-refractivity contribution is 0.0628. The van der Waals surface area contributed by atoms with E-state index in [2.05, 4.69) is 32.0 Å². The molecule has 6 nitrogen and oxygen atoms in total. The molecule has 7 heteroatoms. The molecule has 146 valence electrons. The zero-order valence-corrected chi connectivity index (χ0v) is 17.4. The quantitative estimate of drug-likeness (QED) is 0.611. The molecular formula is C22H20BrN5O. The smallest absolute Gasteiger partial charge is 0.253 e. The van der Waals surface area contributed by atoms with Gasteiger partial charge < -0.3 is 4.90 Å². The summed E-state index contributed by atoms with van der Waals surface area (Å²) < 4.78 is 2.68. The minimum atomic E-state index is 0.0659. The molecule has 3 aromatic rings. The van der Waals surface area contributed by atoms with Crippen molar-refractivity contribution in [2.45, 2.75) is 6.54 Å². The average Bonchev–Trinajstić information content (AvgIpc) is 3.21. The fraction of sp³-hybridized carbons (Fsp3) is 0.227. The lowest BCUT2D eigenvalue weighted by Crippen LogP contribution is -2.48. The van der Waals surface area contributed by atoms with Gasteiger partial charge >= 0.3 is 0 Å². The molecule has 1 aromatic heterocycles. The summed E-state index contributed by atoms with van der Waals surface area (Å²) in [5.74, 6) is 0.0659. The lowest BCUT2D eigenvalue weighted by Gasteiger charge is -2.34. The van der Waals surface area contributed by atoms with Crippen molar-refractivity contribution in [2.24, 2.45) is 0 Å². The van der Waals surface area contributed by atoms with Gasteiger partial charge in [-0.1, -0.05) is 12.1 Å². The molecule has 2 heterocycles. The van der Waals surface area contributed by atoms with E-state index in [1.54, 1.807) is 10.9 Å². The molecule has 1 saturated heterocycles. The van der Waals surface area contributed by atoms with Gasteiger partial charge in [-0.2, -0.15) is 10.4 Å². The second-order valence-corrected chi connectivity index (χ2v) is 7.94. The number of nitriles is 1. The maximum atomic E-state index is 12.8. The summed E-state index contributed by atoms with van der Waals surface area (Å²) >= 11 is 3.39. The van der Waals surface area contributed by atoms with Gasteiger partial charge in [0.2, 0.25) is 0 Å². The monoisotopic (exact) mass is 449 g/mol. The second-order valence-electron chi connectivity index (χ2n) is 7.03. The summed E-state index contributed by atoms with van der Waals surface area (Å²) in [5.41, 5.74) is 3.47. The number of piperazine rings is 1. The SMILES string of the molecule is N#Cc1ccc(CN2CCN(C(=O)c3ccc(-n4cc(Br)cn4)cc3)CC2)cc1. The van der Waals surface area contributed by atoms with Crippen LogP contribution in [0.25, 0.3) is 5.69 Å². The van der Waals surface area contributed by atoms with Gasteiger partial charge in [0, 0.05) is 44.5 Å². The number of carbonyl (C=O) groups excluding carboxylic acids is 1. The normalized spacial score (nSPS) is 14.6. The van der Waals surface area contributed by atoms with Gasteiger partial charge in [-0.15, -0.1) is 0 Å². The van der Waals surface area contributed by atoms with Crippen LogP contribution in [0.4, 0.5) is 0 Å². The number of aromatic nitrogens is 2. The largest absolute Gasteiger partial charge is 0.336 e. The second kappa shape index (κ2) is 8.60. The predicted molar refractivity (Wildman–Crippen MR) is 114 cm³/mol. The van der Waals surface area contributed by atoms with E-state index in [1.165, 1.54) is 5.56 Å². The van der Waals surface area contributed by atoms with E-state index in [4.69, 9.17) is 5.26 Å². The zero-order chi connectivity index (χ0) is 20.2. The van der Waals surface area contributed by atoms with Crippen molar-refractivity contribution in [1.29, 1.82) is 5.26 Å². The Morgan fingerprint density at radius 1 is 1.03 bits per heavy atom. The minimum absolute atomic E-state index is 0.0659. The van der Waals surface area contributed by atoms with Crippen LogP contribution < -0.4 is 0 Å². The molecule has 1 aliphatic rings. The van der Waals surface area contributed by atoms with Crippen molar-refractivity contribution in [1.82, 2.24) is 19.6 Å². The molecule has 4 rings (SSSR count). The molecule has 29 heavy (non-hydrogen) atoms. The summed E-state index contributed by atoms with van der Waals surface area (Å²) in [5, 5.41) is 13.2. The van der Waals surface area contributed by atoms with Crippen molar-refractivity contribution in [3.63, 3.8) is 0 Å². The minimum Gasteiger partial charge on any atom is -0.336 e. The number of benzene rings is 2. The molecule has 0 spiro atoms. The maximum absolute atomic E-state index is 12.8. The van der Waals surface area contributed by atoms with Crippen LogP contribution in [0.5, 0.6) is 0 Å². The average molecular weight is 450 g/mol. The number of rotatable bonds is 4. The van der Waals surface area contributed by atoms with Crippen LogP contribution in [0.1, 0.15) is 21.5 Å². The highest BCUT2D eigenvalue weighted by Gasteiger charge is 2.22. The predicted octanol–water partition coefficient (Wildman–Crippen LogP) is 3.46. The van der Waals surface area contributed by atoms with E-state index in [-0.39, 0.29) is 5.91 Å². The number of nitrogens with zero attached hydrogens (tertiary/aromatic N) is 5. The Kier molecular flexibility index (Phi) is 5.74. The van der Waals surface area contributed by atoms with E-state index in [1.807, 2.05) is 59.6 Å². The first-order chi connectivity index (χ1) is 14.1. The zero-order valence-electron chi connectivity index (χ0n) is 15.8. The Labute approximate surface area is 178 Å². The molecule has 0 N–H and O–H groups in total. The Morgan fingerprint density at radius 3 is 2.31 bits per heavy atom. The van der Waals surface area contributed by atoms with Crippen molar-refractivity contribution in [3.8, 4) is 11.8 Å². The molecule has 0 atom stereocenters. The molecular weight excluding hydrogens is 430 g/mol. The third kappa shape index (κ3) is 4.56. The standard InChI is InChI=1S/C22H20BrN5O/c23-20-14-25-28(16-20)21-7-5-19(6-8-21)22(29)27-11-9-26(10-12-27)15-18-3-1-17(13-24)2-4-18/h1-8,14,16H,9-12,15H2. The number of carbonyl (C=O) groups is 1. The van der Waals surface area contributed by atoms with Crippen LogP contribution in [0, 0.1) is 11.3 Å². The number of amides is 1. The van der Waals surface area contributed by atoms with Crippen LogP contribution >= 0.6 is 15.9 Å². The first-order valence-corrected chi connectivity index (χ1v) is 10.2. The highest BCUT2D eigenvalue weighted by molar-refractivity contribution is 9.10. The topological polar surface area (TPSA) is 65.2 Å². The van der Waals surface area contributed by atoms with Crippen LogP contribution in [0.2, 0.25) is 0 Å². The van der Waals surface area contributed by atoms with E-state index >= 15 is 0 Å². The van der Waals surface area contributed by atoms with Crippen LogP contribution in [0.15, 0.2) is 65.4 Å². The van der Waals surface area contributed by atoms with Crippen molar-refractivity contribution < 1.29 is 4.79 Å². The van der Waals surface area contributed by atoms with Crippen LogP contribution in [0.3, 0.4) is 0 Å². The Balaban J connectivity index is 1.33. The number of halogens is 1. The van der Waals surface area contributed by atoms with Gasteiger partial charge in [-0.05, 0) is 57.9 Å². The van der Waals surface area contributed by atoms with Crippen molar-refractivity contribution in [2.75, 3.05) is 26.2 Å². The van der Waals surface area contributed by atoms with Gasteiger partial charge in [-0.3, -0.25) is 9.69 Å². The van der Waals surface area contributed by atoms with Crippen molar-refractivity contribution in [3.05, 3.63) is 82.1 Å². The summed E-state index contributed by atoms with van der Waals surface area (Å²) in [6.45, 7) is 3.93. The fourth-order valence-corrected chi connectivity index (χ4v) is 3.72. The van der Waals surface area contributed by atoms with Crippen molar-refractivity contribution >= 4 is 21.8 Å². The summed E-state index contributed by atoms with van der Waals surface area (Å²) in [6, 6.07) is 17.4. The van der Waals surface area contributed by atoms with E-state index in [0.29, 0.717) is 24.2 Å². The third-order valence-electron chi connectivity index (χ3n) is 5.08. The molecule has 1 fully saturated rings. The van der Waals surface area contributed by atoms with Gasteiger partial charge in [0.1, 0.15) is 0 Å². The molecule has 0 aliphatic carbocycles. The summed E-state index contributed by atoms with van der Waals surface area (Å²) in [6.07, 6.45) is 3.61. The number of hydrogen-bond donors (Lipinski definition) is 0. The van der Waals surface area contributed by atoms with Gasteiger partial charge in [0.25, 0.3) is 5.91 Å². The van der Waals surface area contributed by atoms with Crippen LogP contribution in [-0.2, 0) is 6.54 Å². The molecule has 2 aromatic carbocycles. The third-order valence-corrected chi connectivity index (χ3v) is 5.49. The summed E-state index contributed by atoms with van der Waals surface area (Å²) in [4.78, 5) is 17.1. The Bertz CT molecular complexity index is 1030. The van der Waals surface area contributed by atoms with E-state index in [0.717, 1.165) is 29.8 Å². The lowest BCUT2D eigenvalue weighted by atomic mass is 10.1. The molecule has 0 bridgehead atoms. The highest BCUT2D eigenvalue weighted by atomic mass is 79.9. The Hall–Kier alpha value is -2.95. The molecule has 0 radical (unpaired) electrons. The molecule has 0 saturated carbocycles. The first kappa shape index (κ1) is 19.4. The van der Waals surface area contributed by atoms with Gasteiger partial charge in [-0.25, -0.2) is 4.68 Å². The maximum Gasteiger partial charge on any atom is 0.253 e. The fourth-order valence-electron chi connectivity index (χ4n) is 3.43. The molecule has 0 unspecified atom stereocenters. The van der Waals surface area contributed by atoms with Gasteiger partial charge in [0.15, 0.2) is 0 Å². The Morgan fingerprint density at radius 2 is 1.72 bits per heavy atom. The highest BCUT2D eigenvalue weighted by Crippen LogP contribution is 2.16. The van der Waals surface area contributed by atoms with E-state index in [9.17, 15) is 4.79 Å².